The second-order valence-corrected chi connectivity index (χ2v) is 10.6. The van der Waals surface area contributed by atoms with Gasteiger partial charge >= 0.3 is 0 Å². The largest absolute Gasteiger partial charge is 0.494 e. The number of aromatic nitrogens is 2. The van der Waals surface area contributed by atoms with Crippen LogP contribution in [0, 0.1) is 5.82 Å². The smallest absolute Gasteiger partial charge is 0.251 e. The molecule has 0 bridgehead atoms. The molecule has 0 aliphatic carbocycles. The van der Waals surface area contributed by atoms with Crippen LogP contribution in [0.5, 0.6) is 11.5 Å². The van der Waals surface area contributed by atoms with E-state index >= 15 is 0 Å². The SMILES string of the molecule is COc1cc(C(=O)NCC(O)(CO)c2cc3c(c(-c4ccc(F)c(Cl)c4)n2)OCC3(C)C)cc2cccnc12. The van der Waals surface area contributed by atoms with E-state index in [-0.39, 0.29) is 17.3 Å². The highest BCUT2D eigenvalue weighted by atomic mass is 35.5. The van der Waals surface area contributed by atoms with Crippen molar-refractivity contribution in [2.24, 2.45) is 0 Å². The number of carbonyl (C=O) groups excluding carboxylic acids is 1. The second-order valence-electron chi connectivity index (χ2n) is 10.2. The van der Waals surface area contributed by atoms with Crippen LogP contribution in [-0.4, -0.2) is 53.0 Å². The number of ether oxygens (including phenoxy) is 2. The maximum absolute atomic E-state index is 13.9. The fourth-order valence-electron chi connectivity index (χ4n) is 4.59. The Morgan fingerprint density at radius 2 is 2.05 bits per heavy atom. The first-order chi connectivity index (χ1) is 18.6. The molecule has 1 unspecified atom stereocenters. The zero-order valence-corrected chi connectivity index (χ0v) is 22.3. The molecule has 39 heavy (non-hydrogen) atoms. The molecule has 0 radical (unpaired) electrons. The van der Waals surface area contributed by atoms with E-state index in [0.29, 0.717) is 45.8 Å². The summed E-state index contributed by atoms with van der Waals surface area (Å²) in [5.41, 5.74) is 0.255. The molecule has 0 fully saturated rings. The first-order valence-electron chi connectivity index (χ1n) is 12.2. The summed E-state index contributed by atoms with van der Waals surface area (Å²) < 4.78 is 25.2. The van der Waals surface area contributed by atoms with E-state index in [1.54, 1.807) is 30.5 Å². The Balaban J connectivity index is 1.51. The Bertz CT molecular complexity index is 1600. The van der Waals surface area contributed by atoms with Crippen LogP contribution in [-0.2, 0) is 11.0 Å². The van der Waals surface area contributed by atoms with E-state index in [1.807, 2.05) is 19.9 Å². The standard InChI is InChI=1S/C29H27ClFN3O5/c1-28(2)15-39-26-19(28)12-23(34-25(26)17-6-7-21(31)20(30)10-17)29(37,14-35)13-33-27(36)18-9-16-5-4-8-32-24(16)22(11-18)38-3/h4-12,35,37H,13-15H2,1-3H3,(H,33,36). The Morgan fingerprint density at radius 3 is 2.77 bits per heavy atom. The number of aliphatic hydroxyl groups excluding tert-OH is 1. The predicted molar refractivity (Wildman–Crippen MR) is 145 cm³/mol. The Labute approximate surface area is 229 Å². The van der Waals surface area contributed by atoms with Crippen LogP contribution >= 0.6 is 11.6 Å². The van der Waals surface area contributed by atoms with Crippen molar-refractivity contribution < 1.29 is 28.9 Å². The minimum atomic E-state index is -1.94. The number of carbonyl (C=O) groups is 1. The molecule has 1 aliphatic heterocycles. The van der Waals surface area contributed by atoms with Gasteiger partial charge in [0, 0.05) is 33.7 Å². The lowest BCUT2D eigenvalue weighted by molar-refractivity contribution is -0.0204. The lowest BCUT2D eigenvalue weighted by Gasteiger charge is -2.28. The number of rotatable bonds is 7. The molecule has 0 spiro atoms. The number of nitrogens with zero attached hydrogens (tertiary/aromatic N) is 2. The van der Waals surface area contributed by atoms with Crippen LogP contribution in [0.2, 0.25) is 5.02 Å². The number of benzene rings is 2. The van der Waals surface area contributed by atoms with Gasteiger partial charge in [-0.3, -0.25) is 9.78 Å². The Kier molecular flexibility index (Phi) is 6.92. The molecule has 0 saturated heterocycles. The molecule has 4 aromatic rings. The number of pyridine rings is 2. The maximum atomic E-state index is 13.9. The van der Waals surface area contributed by atoms with Gasteiger partial charge in [0.2, 0.25) is 0 Å². The molecule has 3 heterocycles. The molecule has 1 amide bonds. The average molecular weight is 552 g/mol. The van der Waals surface area contributed by atoms with Gasteiger partial charge < -0.3 is 25.0 Å². The van der Waals surface area contributed by atoms with Crippen molar-refractivity contribution in [3.05, 3.63) is 82.4 Å². The van der Waals surface area contributed by atoms with Crippen molar-refractivity contribution in [3.8, 4) is 22.8 Å². The van der Waals surface area contributed by atoms with Crippen molar-refractivity contribution in [1.29, 1.82) is 0 Å². The number of methoxy groups -OCH3 is 1. The molecule has 5 rings (SSSR count). The third-order valence-corrected chi connectivity index (χ3v) is 7.19. The first-order valence-corrected chi connectivity index (χ1v) is 12.6. The molecule has 1 aliphatic rings. The molecular formula is C29H27ClFN3O5. The highest BCUT2D eigenvalue weighted by Gasteiger charge is 2.39. The van der Waals surface area contributed by atoms with E-state index in [4.69, 9.17) is 21.1 Å². The van der Waals surface area contributed by atoms with Crippen molar-refractivity contribution in [2.45, 2.75) is 24.9 Å². The van der Waals surface area contributed by atoms with E-state index < -0.39 is 29.3 Å². The van der Waals surface area contributed by atoms with Crippen molar-refractivity contribution >= 4 is 28.4 Å². The Hall–Kier alpha value is -3.79. The number of aliphatic hydroxyl groups is 2. The summed E-state index contributed by atoms with van der Waals surface area (Å²) in [4.78, 5) is 22.0. The van der Waals surface area contributed by atoms with Crippen LogP contribution in [0.15, 0.2) is 54.7 Å². The number of hydrogen-bond acceptors (Lipinski definition) is 7. The summed E-state index contributed by atoms with van der Waals surface area (Å²) in [7, 11) is 1.49. The molecular weight excluding hydrogens is 525 g/mol. The van der Waals surface area contributed by atoms with Crippen LogP contribution in [0.4, 0.5) is 4.39 Å². The van der Waals surface area contributed by atoms with Gasteiger partial charge in [0.1, 0.15) is 34.1 Å². The maximum Gasteiger partial charge on any atom is 0.251 e. The summed E-state index contributed by atoms with van der Waals surface area (Å²) in [5, 5.41) is 25.2. The van der Waals surface area contributed by atoms with Crippen molar-refractivity contribution in [2.75, 3.05) is 26.9 Å². The van der Waals surface area contributed by atoms with E-state index in [2.05, 4.69) is 15.3 Å². The summed E-state index contributed by atoms with van der Waals surface area (Å²) in [5.74, 6) is -0.139. The summed E-state index contributed by atoms with van der Waals surface area (Å²) >= 11 is 6.04. The van der Waals surface area contributed by atoms with Gasteiger partial charge in [-0.1, -0.05) is 31.5 Å². The molecule has 1 atom stereocenters. The molecule has 2 aromatic carbocycles. The number of amides is 1. The van der Waals surface area contributed by atoms with Crippen molar-refractivity contribution in [3.63, 3.8) is 0 Å². The number of hydrogen-bond donors (Lipinski definition) is 3. The van der Waals surface area contributed by atoms with Gasteiger partial charge in [-0.25, -0.2) is 9.37 Å². The number of nitrogens with one attached hydrogen (secondary N) is 1. The number of halogens is 2. The average Bonchev–Trinajstić information content (AvgIpc) is 3.26. The molecule has 8 nitrogen and oxygen atoms in total. The monoisotopic (exact) mass is 551 g/mol. The van der Waals surface area contributed by atoms with Gasteiger partial charge in [0.15, 0.2) is 0 Å². The van der Waals surface area contributed by atoms with Crippen LogP contribution in [0.1, 0.15) is 35.5 Å². The predicted octanol–water partition coefficient (Wildman–Crippen LogP) is 4.38. The summed E-state index contributed by atoms with van der Waals surface area (Å²) in [6.07, 6.45) is 1.63. The molecule has 202 valence electrons. The molecule has 0 saturated carbocycles. The highest BCUT2D eigenvalue weighted by molar-refractivity contribution is 6.31. The second kappa shape index (κ2) is 10.1. The van der Waals surface area contributed by atoms with E-state index in [1.165, 1.54) is 25.3 Å². The fourth-order valence-corrected chi connectivity index (χ4v) is 4.77. The summed E-state index contributed by atoms with van der Waals surface area (Å²) in [6.45, 7) is 3.25. The van der Waals surface area contributed by atoms with Gasteiger partial charge in [-0.2, -0.15) is 0 Å². The van der Waals surface area contributed by atoms with Crippen molar-refractivity contribution in [1.82, 2.24) is 15.3 Å². The highest BCUT2D eigenvalue weighted by Crippen LogP contribution is 2.45. The van der Waals surface area contributed by atoms with Gasteiger partial charge in [0.05, 0.1) is 37.6 Å². The lowest BCUT2D eigenvalue weighted by Crippen LogP contribution is -2.44. The van der Waals surface area contributed by atoms with Crippen LogP contribution in [0.3, 0.4) is 0 Å². The molecule has 3 N–H and O–H groups in total. The van der Waals surface area contributed by atoms with E-state index in [0.717, 1.165) is 5.56 Å². The minimum absolute atomic E-state index is 0.0867. The molecule has 2 aromatic heterocycles. The van der Waals surface area contributed by atoms with Gasteiger partial charge in [0.25, 0.3) is 5.91 Å². The normalized spacial score (nSPS) is 15.4. The zero-order chi connectivity index (χ0) is 27.9. The van der Waals surface area contributed by atoms with Gasteiger partial charge in [-0.05, 0) is 42.5 Å². The number of fused-ring (bicyclic) bond motifs is 2. The van der Waals surface area contributed by atoms with Gasteiger partial charge in [-0.15, -0.1) is 0 Å². The zero-order valence-electron chi connectivity index (χ0n) is 21.6. The topological polar surface area (TPSA) is 114 Å². The summed E-state index contributed by atoms with van der Waals surface area (Å²) in [6, 6.07) is 12.6. The minimum Gasteiger partial charge on any atom is -0.494 e. The quantitative estimate of drug-likeness (QED) is 0.312. The third-order valence-electron chi connectivity index (χ3n) is 6.90. The van der Waals surface area contributed by atoms with Crippen LogP contribution < -0.4 is 14.8 Å². The fraction of sp³-hybridized carbons (Fsp3) is 0.276. The first kappa shape index (κ1) is 26.8. The third kappa shape index (κ3) is 4.89. The molecule has 10 heteroatoms. The Morgan fingerprint density at radius 1 is 1.26 bits per heavy atom. The van der Waals surface area contributed by atoms with E-state index in [9.17, 15) is 19.4 Å². The van der Waals surface area contributed by atoms with Crippen LogP contribution in [0.25, 0.3) is 22.2 Å². The lowest BCUT2D eigenvalue weighted by atomic mass is 9.84.